The molecular weight excluding hydrogens is 334 g/mol. The van der Waals surface area contributed by atoms with Crippen molar-refractivity contribution in [2.75, 3.05) is 6.54 Å². The Morgan fingerprint density at radius 1 is 1.40 bits per heavy atom. The topological polar surface area (TPSA) is 41.3 Å². The van der Waals surface area contributed by atoms with Crippen LogP contribution in [0.25, 0.3) is 0 Å². The number of aryl methyl sites for hydroxylation is 1. The molecule has 5 heteroatoms. The molecule has 1 unspecified atom stereocenters. The molecule has 1 heterocycles. The Kier molecular flexibility index (Phi) is 4.83. The Labute approximate surface area is 133 Å². The van der Waals surface area contributed by atoms with E-state index in [4.69, 9.17) is 18.0 Å². The van der Waals surface area contributed by atoms with Crippen molar-refractivity contribution in [2.45, 2.75) is 17.9 Å². The van der Waals surface area contributed by atoms with Crippen molar-refractivity contribution in [2.24, 2.45) is 5.73 Å². The second-order valence-corrected chi connectivity index (χ2v) is 6.38. The minimum Gasteiger partial charge on any atom is -0.376 e. The molecule has 1 aromatic carbocycles. The SMILES string of the molecule is Cc1ccccc1CCN1C=CC=CC1(Br)NC(N)=S. The standard InChI is InChI=1S/C15H18BrN3S/c1-12-6-2-3-7-13(12)8-11-19-10-5-4-9-15(19,16)18-14(17)20/h2-7,9-10H,8,11H2,1H3,(H3,17,18,20). The van der Waals surface area contributed by atoms with Crippen molar-refractivity contribution in [1.29, 1.82) is 0 Å². The molecule has 0 aromatic heterocycles. The van der Waals surface area contributed by atoms with E-state index in [0.717, 1.165) is 13.0 Å². The van der Waals surface area contributed by atoms with Gasteiger partial charge in [0, 0.05) is 12.7 Å². The van der Waals surface area contributed by atoms with E-state index in [1.54, 1.807) is 0 Å². The molecule has 3 N–H and O–H groups in total. The largest absolute Gasteiger partial charge is 0.376 e. The molecule has 0 saturated heterocycles. The van der Waals surface area contributed by atoms with Gasteiger partial charge in [-0.15, -0.1) is 0 Å². The highest BCUT2D eigenvalue weighted by Crippen LogP contribution is 2.26. The Morgan fingerprint density at radius 3 is 2.85 bits per heavy atom. The fourth-order valence-electron chi connectivity index (χ4n) is 2.20. The number of nitrogens with one attached hydrogen (secondary N) is 1. The maximum atomic E-state index is 5.61. The predicted octanol–water partition coefficient (Wildman–Crippen LogP) is 2.80. The Hall–Kier alpha value is -1.33. The number of nitrogens with zero attached hydrogens (tertiary/aromatic N) is 1. The van der Waals surface area contributed by atoms with E-state index in [0.29, 0.717) is 0 Å². The van der Waals surface area contributed by atoms with Crippen LogP contribution in [0.1, 0.15) is 11.1 Å². The van der Waals surface area contributed by atoms with Gasteiger partial charge in [-0.1, -0.05) is 30.3 Å². The zero-order valence-corrected chi connectivity index (χ0v) is 13.7. The minimum atomic E-state index is -0.545. The van der Waals surface area contributed by atoms with Crippen LogP contribution in [0.4, 0.5) is 0 Å². The van der Waals surface area contributed by atoms with E-state index >= 15 is 0 Å². The summed E-state index contributed by atoms with van der Waals surface area (Å²) < 4.78 is -0.545. The molecule has 106 valence electrons. The van der Waals surface area contributed by atoms with Crippen LogP contribution < -0.4 is 11.1 Å². The van der Waals surface area contributed by atoms with E-state index in [-0.39, 0.29) is 5.11 Å². The summed E-state index contributed by atoms with van der Waals surface area (Å²) in [6, 6.07) is 8.43. The fourth-order valence-corrected chi connectivity index (χ4v) is 3.14. The highest BCUT2D eigenvalue weighted by molar-refractivity contribution is 9.10. The molecular formula is C15H18BrN3S. The number of alkyl halides is 1. The first-order valence-electron chi connectivity index (χ1n) is 6.45. The van der Waals surface area contributed by atoms with Crippen LogP contribution in [-0.4, -0.2) is 21.1 Å². The monoisotopic (exact) mass is 351 g/mol. The summed E-state index contributed by atoms with van der Waals surface area (Å²) in [6.07, 6.45) is 8.93. The van der Waals surface area contributed by atoms with Gasteiger partial charge >= 0.3 is 0 Å². The number of benzene rings is 1. The zero-order chi connectivity index (χ0) is 14.6. The number of thiocarbonyl (C=S) groups is 1. The van der Waals surface area contributed by atoms with Crippen molar-refractivity contribution < 1.29 is 0 Å². The van der Waals surface area contributed by atoms with Crippen LogP contribution in [0.15, 0.2) is 48.7 Å². The van der Waals surface area contributed by atoms with E-state index in [1.165, 1.54) is 11.1 Å². The summed E-state index contributed by atoms with van der Waals surface area (Å²) in [5, 5.41) is 3.34. The number of rotatable bonds is 4. The summed E-state index contributed by atoms with van der Waals surface area (Å²) in [7, 11) is 0. The molecule has 3 nitrogen and oxygen atoms in total. The number of nitrogens with two attached hydrogens (primary N) is 1. The molecule has 0 spiro atoms. The van der Waals surface area contributed by atoms with Gasteiger partial charge in [-0.3, -0.25) is 0 Å². The van der Waals surface area contributed by atoms with Crippen molar-refractivity contribution in [3.05, 3.63) is 59.8 Å². The predicted molar refractivity (Wildman–Crippen MR) is 91.4 cm³/mol. The Bertz CT molecular complexity index is 556. The first-order valence-corrected chi connectivity index (χ1v) is 7.65. The van der Waals surface area contributed by atoms with E-state index in [9.17, 15) is 0 Å². The van der Waals surface area contributed by atoms with Gasteiger partial charge in [-0.05, 0) is 64.8 Å². The summed E-state index contributed by atoms with van der Waals surface area (Å²) >= 11 is 8.62. The molecule has 0 amide bonds. The lowest BCUT2D eigenvalue weighted by Gasteiger charge is -2.39. The number of hydrogen-bond acceptors (Lipinski definition) is 2. The van der Waals surface area contributed by atoms with E-state index in [2.05, 4.69) is 57.3 Å². The molecule has 20 heavy (non-hydrogen) atoms. The number of halogens is 1. The third-order valence-corrected chi connectivity index (χ3v) is 4.31. The summed E-state index contributed by atoms with van der Waals surface area (Å²) in [5.74, 6) is 0. The highest BCUT2D eigenvalue weighted by Gasteiger charge is 2.30. The first-order chi connectivity index (χ1) is 9.51. The van der Waals surface area contributed by atoms with Gasteiger partial charge in [0.05, 0.1) is 0 Å². The summed E-state index contributed by atoms with van der Waals surface area (Å²) in [4.78, 5) is 2.14. The quantitative estimate of drug-likeness (QED) is 0.497. The molecule has 0 aliphatic carbocycles. The van der Waals surface area contributed by atoms with Crippen LogP contribution in [0.3, 0.4) is 0 Å². The summed E-state index contributed by atoms with van der Waals surface area (Å²) in [6.45, 7) is 2.99. The van der Waals surface area contributed by atoms with Crippen molar-refractivity contribution in [3.63, 3.8) is 0 Å². The van der Waals surface area contributed by atoms with E-state index in [1.807, 2.05) is 24.4 Å². The van der Waals surface area contributed by atoms with Crippen LogP contribution in [-0.2, 0) is 6.42 Å². The average Bonchev–Trinajstić information content (AvgIpc) is 2.38. The number of allylic oxidation sites excluding steroid dienone is 2. The van der Waals surface area contributed by atoms with Gasteiger partial charge < -0.3 is 16.0 Å². The molecule has 0 radical (unpaired) electrons. The maximum Gasteiger partial charge on any atom is 0.189 e. The third-order valence-electron chi connectivity index (χ3n) is 3.29. The first kappa shape index (κ1) is 15.1. The molecule has 1 aromatic rings. The molecule has 1 aliphatic heterocycles. The molecule has 0 bridgehead atoms. The van der Waals surface area contributed by atoms with E-state index < -0.39 is 4.57 Å². The van der Waals surface area contributed by atoms with Crippen molar-refractivity contribution in [1.82, 2.24) is 10.2 Å². The average molecular weight is 352 g/mol. The lowest BCUT2D eigenvalue weighted by Crippen LogP contribution is -2.55. The lowest BCUT2D eigenvalue weighted by molar-refractivity contribution is 0.278. The maximum absolute atomic E-state index is 5.61. The van der Waals surface area contributed by atoms with Crippen LogP contribution >= 0.6 is 28.1 Å². The molecule has 1 atom stereocenters. The van der Waals surface area contributed by atoms with Gasteiger partial charge in [0.1, 0.15) is 0 Å². The van der Waals surface area contributed by atoms with Crippen LogP contribution in [0.5, 0.6) is 0 Å². The Morgan fingerprint density at radius 2 is 2.15 bits per heavy atom. The molecule has 0 saturated carbocycles. The second kappa shape index (κ2) is 6.41. The van der Waals surface area contributed by atoms with Crippen LogP contribution in [0.2, 0.25) is 0 Å². The summed E-state index contributed by atoms with van der Waals surface area (Å²) in [5.41, 5.74) is 8.27. The van der Waals surface area contributed by atoms with Gasteiger partial charge in [0.2, 0.25) is 0 Å². The fraction of sp³-hybridized carbons (Fsp3) is 0.267. The van der Waals surface area contributed by atoms with Gasteiger partial charge in [0.25, 0.3) is 0 Å². The lowest BCUT2D eigenvalue weighted by atomic mass is 10.1. The highest BCUT2D eigenvalue weighted by atomic mass is 79.9. The minimum absolute atomic E-state index is 0.266. The molecule has 1 aliphatic rings. The normalized spacial score (nSPS) is 21.0. The van der Waals surface area contributed by atoms with Gasteiger partial charge in [-0.25, -0.2) is 0 Å². The second-order valence-electron chi connectivity index (χ2n) is 4.73. The number of hydrogen-bond donors (Lipinski definition) is 2. The third kappa shape index (κ3) is 3.61. The van der Waals surface area contributed by atoms with Gasteiger partial charge in [-0.2, -0.15) is 0 Å². The smallest absolute Gasteiger partial charge is 0.189 e. The molecule has 2 rings (SSSR count). The Balaban J connectivity index is 2.07. The molecule has 0 fully saturated rings. The van der Waals surface area contributed by atoms with Crippen molar-refractivity contribution in [3.8, 4) is 0 Å². The zero-order valence-electron chi connectivity index (χ0n) is 11.3. The van der Waals surface area contributed by atoms with Gasteiger partial charge in [0.15, 0.2) is 9.68 Å². The van der Waals surface area contributed by atoms with Crippen LogP contribution in [0, 0.1) is 6.92 Å². The van der Waals surface area contributed by atoms with Crippen molar-refractivity contribution >= 4 is 33.3 Å².